The predicted molar refractivity (Wildman–Crippen MR) is 100 cm³/mol. The standard InChI is InChI=1S/C18H25N5O3/c1-12-16(13(2)21-20-12)22-8-10-23(11-9-22)18(24)19-14-6-5-7-15(25-3)17(14)26-4/h5-7H,8-11H2,1-4H3,(H,19,24)(H,20,21). The zero-order valence-corrected chi connectivity index (χ0v) is 15.6. The van der Waals surface area contributed by atoms with Crippen molar-refractivity contribution >= 4 is 17.4 Å². The highest BCUT2D eigenvalue weighted by molar-refractivity contribution is 5.91. The van der Waals surface area contributed by atoms with Gasteiger partial charge in [-0.2, -0.15) is 5.10 Å². The van der Waals surface area contributed by atoms with Gasteiger partial charge in [0, 0.05) is 26.2 Å². The molecule has 0 bridgehead atoms. The van der Waals surface area contributed by atoms with Gasteiger partial charge in [-0.05, 0) is 26.0 Å². The van der Waals surface area contributed by atoms with Crippen LogP contribution in [0.5, 0.6) is 11.5 Å². The number of carbonyl (C=O) groups is 1. The first-order chi connectivity index (χ1) is 12.5. The van der Waals surface area contributed by atoms with Crippen molar-refractivity contribution in [3.8, 4) is 11.5 Å². The van der Waals surface area contributed by atoms with Crippen LogP contribution < -0.4 is 19.7 Å². The topological polar surface area (TPSA) is 82.7 Å². The smallest absolute Gasteiger partial charge is 0.322 e. The van der Waals surface area contributed by atoms with Crippen molar-refractivity contribution in [3.05, 3.63) is 29.6 Å². The fourth-order valence-electron chi connectivity index (χ4n) is 3.32. The van der Waals surface area contributed by atoms with Crippen LogP contribution in [-0.4, -0.2) is 61.5 Å². The molecule has 2 amide bonds. The summed E-state index contributed by atoms with van der Waals surface area (Å²) in [4.78, 5) is 16.7. The van der Waals surface area contributed by atoms with Crippen LogP contribution in [0.15, 0.2) is 18.2 Å². The lowest BCUT2D eigenvalue weighted by atomic mass is 10.2. The lowest BCUT2D eigenvalue weighted by Gasteiger charge is -2.36. The Hall–Kier alpha value is -2.90. The molecule has 2 N–H and O–H groups in total. The molecule has 1 aromatic heterocycles. The molecular formula is C18H25N5O3. The number of amides is 2. The van der Waals surface area contributed by atoms with Crippen LogP contribution in [0.25, 0.3) is 0 Å². The molecule has 0 unspecified atom stereocenters. The number of hydrogen-bond acceptors (Lipinski definition) is 5. The summed E-state index contributed by atoms with van der Waals surface area (Å²) >= 11 is 0. The molecule has 3 rings (SSSR count). The lowest BCUT2D eigenvalue weighted by molar-refractivity contribution is 0.208. The van der Waals surface area contributed by atoms with Gasteiger partial charge in [0.25, 0.3) is 0 Å². The average Bonchev–Trinajstić information content (AvgIpc) is 2.99. The summed E-state index contributed by atoms with van der Waals surface area (Å²) in [6.45, 7) is 6.83. The predicted octanol–water partition coefficient (Wildman–Crippen LogP) is 2.40. The zero-order valence-electron chi connectivity index (χ0n) is 15.6. The summed E-state index contributed by atoms with van der Waals surface area (Å²) in [5.74, 6) is 1.10. The third-order valence-corrected chi connectivity index (χ3v) is 4.62. The monoisotopic (exact) mass is 359 g/mol. The molecule has 0 radical (unpaired) electrons. The Bertz CT molecular complexity index is 762. The van der Waals surface area contributed by atoms with E-state index in [-0.39, 0.29) is 6.03 Å². The number of benzene rings is 1. The molecule has 0 atom stereocenters. The number of aryl methyl sites for hydroxylation is 2. The Morgan fingerprint density at radius 2 is 1.88 bits per heavy atom. The molecule has 2 heterocycles. The minimum atomic E-state index is -0.142. The van der Waals surface area contributed by atoms with E-state index < -0.39 is 0 Å². The maximum Gasteiger partial charge on any atom is 0.322 e. The van der Waals surface area contributed by atoms with Crippen LogP contribution in [0.2, 0.25) is 0 Å². The summed E-state index contributed by atoms with van der Waals surface area (Å²) in [6, 6.07) is 5.27. The van der Waals surface area contributed by atoms with Crippen LogP contribution in [0.4, 0.5) is 16.2 Å². The molecular weight excluding hydrogens is 334 g/mol. The SMILES string of the molecule is COc1cccc(NC(=O)N2CCN(c3c(C)n[nH]c3C)CC2)c1OC. The average molecular weight is 359 g/mol. The first-order valence-electron chi connectivity index (χ1n) is 8.58. The van der Waals surface area contributed by atoms with Crippen LogP contribution in [-0.2, 0) is 0 Å². The van der Waals surface area contributed by atoms with Crippen LogP contribution in [0.1, 0.15) is 11.4 Å². The van der Waals surface area contributed by atoms with Gasteiger partial charge in [-0.3, -0.25) is 5.10 Å². The highest BCUT2D eigenvalue weighted by atomic mass is 16.5. The second-order valence-electron chi connectivity index (χ2n) is 6.23. The summed E-state index contributed by atoms with van der Waals surface area (Å²) < 4.78 is 10.6. The van der Waals surface area contributed by atoms with Gasteiger partial charge in [-0.15, -0.1) is 0 Å². The van der Waals surface area contributed by atoms with Gasteiger partial charge < -0.3 is 24.6 Å². The molecule has 1 saturated heterocycles. The van der Waals surface area contributed by atoms with Crippen LogP contribution in [0.3, 0.4) is 0 Å². The zero-order chi connectivity index (χ0) is 18.7. The van der Waals surface area contributed by atoms with Gasteiger partial charge in [-0.1, -0.05) is 6.07 Å². The number of H-pyrrole nitrogens is 1. The quantitative estimate of drug-likeness (QED) is 0.876. The highest BCUT2D eigenvalue weighted by Crippen LogP contribution is 2.35. The van der Waals surface area contributed by atoms with E-state index in [0.717, 1.165) is 30.2 Å². The number of rotatable bonds is 4. The maximum atomic E-state index is 12.6. The van der Waals surface area contributed by atoms with E-state index in [0.29, 0.717) is 30.3 Å². The molecule has 8 nitrogen and oxygen atoms in total. The normalized spacial score (nSPS) is 14.3. The van der Waals surface area contributed by atoms with Crippen molar-refractivity contribution in [2.24, 2.45) is 0 Å². The number of nitrogens with one attached hydrogen (secondary N) is 2. The molecule has 0 spiro atoms. The van der Waals surface area contributed by atoms with E-state index in [2.05, 4.69) is 20.4 Å². The number of aromatic amines is 1. The Balaban J connectivity index is 1.64. The largest absolute Gasteiger partial charge is 0.493 e. The van der Waals surface area contributed by atoms with Gasteiger partial charge in [0.05, 0.1) is 37.0 Å². The third-order valence-electron chi connectivity index (χ3n) is 4.62. The fraction of sp³-hybridized carbons (Fsp3) is 0.444. The van der Waals surface area contributed by atoms with E-state index in [9.17, 15) is 4.79 Å². The van der Waals surface area contributed by atoms with Crippen LogP contribution >= 0.6 is 0 Å². The number of hydrogen-bond donors (Lipinski definition) is 2. The summed E-state index contributed by atoms with van der Waals surface area (Å²) in [5.41, 5.74) is 3.78. The molecule has 0 saturated carbocycles. The fourth-order valence-corrected chi connectivity index (χ4v) is 3.32. The number of carbonyl (C=O) groups excluding carboxylic acids is 1. The van der Waals surface area contributed by atoms with Gasteiger partial charge in [0.15, 0.2) is 11.5 Å². The van der Waals surface area contributed by atoms with E-state index >= 15 is 0 Å². The Kier molecular flexibility index (Phi) is 5.20. The minimum Gasteiger partial charge on any atom is -0.493 e. The van der Waals surface area contributed by atoms with Gasteiger partial charge >= 0.3 is 6.03 Å². The van der Waals surface area contributed by atoms with Gasteiger partial charge in [0.1, 0.15) is 0 Å². The molecule has 140 valence electrons. The van der Waals surface area contributed by atoms with Crippen molar-refractivity contribution in [2.45, 2.75) is 13.8 Å². The van der Waals surface area contributed by atoms with Crippen LogP contribution in [0, 0.1) is 13.8 Å². The van der Waals surface area contributed by atoms with Gasteiger partial charge in [0.2, 0.25) is 0 Å². The van der Waals surface area contributed by atoms with E-state index in [4.69, 9.17) is 9.47 Å². The number of ether oxygens (including phenoxy) is 2. The molecule has 1 aliphatic heterocycles. The molecule has 1 aliphatic rings. The van der Waals surface area contributed by atoms with Crippen molar-refractivity contribution < 1.29 is 14.3 Å². The highest BCUT2D eigenvalue weighted by Gasteiger charge is 2.25. The molecule has 0 aliphatic carbocycles. The third kappa shape index (κ3) is 3.40. The summed E-state index contributed by atoms with van der Waals surface area (Å²) in [6.07, 6.45) is 0. The number of anilines is 2. The van der Waals surface area contributed by atoms with E-state index in [1.807, 2.05) is 19.9 Å². The minimum absolute atomic E-state index is 0.142. The van der Waals surface area contributed by atoms with Crippen molar-refractivity contribution in [1.29, 1.82) is 0 Å². The first-order valence-corrected chi connectivity index (χ1v) is 8.58. The molecule has 2 aromatic rings. The number of para-hydroxylation sites is 1. The molecule has 1 fully saturated rings. The van der Waals surface area contributed by atoms with Crippen molar-refractivity contribution in [3.63, 3.8) is 0 Å². The number of aromatic nitrogens is 2. The number of urea groups is 1. The van der Waals surface area contributed by atoms with E-state index in [1.165, 1.54) is 0 Å². The Labute approximate surface area is 153 Å². The number of nitrogens with zero attached hydrogens (tertiary/aromatic N) is 3. The van der Waals surface area contributed by atoms with Crippen molar-refractivity contribution in [2.75, 3.05) is 50.6 Å². The summed E-state index contributed by atoms with van der Waals surface area (Å²) in [5, 5.41) is 10.2. The molecule has 1 aromatic carbocycles. The van der Waals surface area contributed by atoms with E-state index in [1.54, 1.807) is 31.3 Å². The first kappa shape index (κ1) is 17.9. The van der Waals surface area contributed by atoms with Crippen molar-refractivity contribution in [1.82, 2.24) is 15.1 Å². The summed E-state index contributed by atoms with van der Waals surface area (Å²) in [7, 11) is 3.13. The Morgan fingerprint density at radius 1 is 1.15 bits per heavy atom. The maximum absolute atomic E-state index is 12.6. The second kappa shape index (κ2) is 7.55. The molecule has 26 heavy (non-hydrogen) atoms. The second-order valence-corrected chi connectivity index (χ2v) is 6.23. The molecule has 8 heteroatoms. The number of methoxy groups -OCH3 is 2. The Morgan fingerprint density at radius 3 is 2.46 bits per heavy atom. The lowest BCUT2D eigenvalue weighted by Crippen LogP contribution is -2.50. The number of piperazine rings is 1. The van der Waals surface area contributed by atoms with Gasteiger partial charge in [-0.25, -0.2) is 4.79 Å².